The van der Waals surface area contributed by atoms with E-state index in [1.807, 2.05) is 0 Å². The van der Waals surface area contributed by atoms with Crippen molar-refractivity contribution in [2.75, 3.05) is 11.9 Å². The van der Waals surface area contributed by atoms with Crippen molar-refractivity contribution in [2.45, 2.75) is 32.4 Å². The van der Waals surface area contributed by atoms with E-state index in [0.717, 1.165) is 0 Å². The Hall–Kier alpha value is -1.95. The molecule has 0 saturated carbocycles. The van der Waals surface area contributed by atoms with Crippen LogP contribution >= 0.6 is 11.6 Å². The number of nitrogens with zero attached hydrogens (tertiary/aromatic N) is 3. The number of ether oxygens (including phenoxy) is 1. The van der Waals surface area contributed by atoms with E-state index >= 15 is 0 Å². The van der Waals surface area contributed by atoms with E-state index in [9.17, 15) is 9.90 Å². The summed E-state index contributed by atoms with van der Waals surface area (Å²) in [5, 5.41) is 15.7. The number of carbonyl (C=O) groups is 1. The van der Waals surface area contributed by atoms with Crippen molar-refractivity contribution in [1.82, 2.24) is 0 Å². The molecule has 0 aromatic heterocycles. The minimum atomic E-state index is -0.822. The second-order valence-electron chi connectivity index (χ2n) is 5.26. The van der Waals surface area contributed by atoms with Gasteiger partial charge in [-0.1, -0.05) is 22.8 Å². The van der Waals surface area contributed by atoms with Crippen molar-refractivity contribution in [2.24, 2.45) is 5.11 Å². The van der Waals surface area contributed by atoms with Gasteiger partial charge < -0.3 is 9.84 Å². The zero-order valence-electron chi connectivity index (χ0n) is 12.0. The summed E-state index contributed by atoms with van der Waals surface area (Å²) >= 11 is 5.90. The first kappa shape index (κ1) is 17.1. The van der Waals surface area contributed by atoms with Crippen molar-refractivity contribution in [3.63, 3.8) is 0 Å². The van der Waals surface area contributed by atoms with Crippen LogP contribution in [0, 0.1) is 0 Å². The summed E-state index contributed by atoms with van der Waals surface area (Å²) in [6, 6.07) is 3.82. The van der Waals surface area contributed by atoms with E-state index in [4.69, 9.17) is 21.9 Å². The number of benzene rings is 1. The molecule has 0 bridgehead atoms. The largest absolute Gasteiger partial charge is 0.444 e. The van der Waals surface area contributed by atoms with Gasteiger partial charge in [0.05, 0.1) is 12.6 Å². The van der Waals surface area contributed by atoms with Gasteiger partial charge in [-0.3, -0.25) is 5.32 Å². The van der Waals surface area contributed by atoms with Crippen molar-refractivity contribution in [3.8, 4) is 0 Å². The highest BCUT2D eigenvalue weighted by molar-refractivity contribution is 6.31. The molecule has 1 rings (SSSR count). The number of azide groups is 1. The summed E-state index contributed by atoms with van der Waals surface area (Å²) < 4.78 is 5.15. The average molecular weight is 313 g/mol. The summed E-state index contributed by atoms with van der Waals surface area (Å²) in [5.41, 5.74) is 8.64. The highest BCUT2D eigenvalue weighted by atomic mass is 35.5. The smallest absolute Gasteiger partial charge is 0.412 e. The van der Waals surface area contributed by atoms with Crippen LogP contribution in [0.1, 0.15) is 32.4 Å². The summed E-state index contributed by atoms with van der Waals surface area (Å²) in [6.07, 6.45) is -0.663. The topological polar surface area (TPSA) is 107 Å². The Morgan fingerprint density at radius 2 is 2.24 bits per heavy atom. The first-order valence-electron chi connectivity index (χ1n) is 6.21. The lowest BCUT2D eigenvalue weighted by Crippen LogP contribution is -2.27. The van der Waals surface area contributed by atoms with Gasteiger partial charge in [-0.05, 0) is 44.0 Å². The quantitative estimate of drug-likeness (QED) is 0.497. The van der Waals surface area contributed by atoms with Gasteiger partial charge in [0.25, 0.3) is 0 Å². The third-order valence-corrected chi connectivity index (χ3v) is 2.61. The van der Waals surface area contributed by atoms with E-state index in [0.29, 0.717) is 16.3 Å². The SMILES string of the molecule is CC(C)(C)OC(=O)Nc1cc(Cl)ccc1C(CO)N=[N+]=[N-]. The number of aliphatic hydroxyl groups is 1. The van der Waals surface area contributed by atoms with Crippen molar-refractivity contribution in [1.29, 1.82) is 0 Å². The Bertz CT molecular complexity index is 565. The van der Waals surface area contributed by atoms with Gasteiger partial charge in [-0.15, -0.1) is 0 Å². The van der Waals surface area contributed by atoms with Crippen LogP contribution in [-0.4, -0.2) is 23.4 Å². The number of carbonyl (C=O) groups excluding carboxylic acids is 1. The fourth-order valence-electron chi connectivity index (χ4n) is 1.60. The molecule has 1 atom stereocenters. The summed E-state index contributed by atoms with van der Waals surface area (Å²) in [6.45, 7) is 4.82. The minimum Gasteiger partial charge on any atom is -0.444 e. The molecule has 7 nitrogen and oxygen atoms in total. The fourth-order valence-corrected chi connectivity index (χ4v) is 1.77. The van der Waals surface area contributed by atoms with Crippen molar-refractivity contribution >= 4 is 23.4 Å². The highest BCUT2D eigenvalue weighted by Crippen LogP contribution is 2.29. The maximum absolute atomic E-state index is 11.8. The molecule has 0 aliphatic heterocycles. The van der Waals surface area contributed by atoms with Gasteiger partial charge in [-0.25, -0.2) is 4.79 Å². The van der Waals surface area contributed by atoms with E-state index in [-0.39, 0.29) is 0 Å². The van der Waals surface area contributed by atoms with Crippen LogP contribution < -0.4 is 5.32 Å². The number of hydrogen-bond donors (Lipinski definition) is 2. The molecule has 0 aliphatic carbocycles. The molecule has 8 heteroatoms. The lowest BCUT2D eigenvalue weighted by atomic mass is 10.1. The predicted octanol–water partition coefficient (Wildman–Crippen LogP) is 4.03. The molecule has 21 heavy (non-hydrogen) atoms. The zero-order valence-corrected chi connectivity index (χ0v) is 12.8. The van der Waals surface area contributed by atoms with Crippen LogP contribution in [-0.2, 0) is 4.74 Å². The standard InChI is InChI=1S/C13H17ClN4O3/c1-13(2,3)21-12(20)16-10-6-8(14)4-5-9(10)11(7-19)17-18-15/h4-6,11,19H,7H2,1-3H3,(H,16,20). The number of aliphatic hydroxyl groups excluding tert-OH is 1. The van der Waals surface area contributed by atoms with Gasteiger partial charge in [0, 0.05) is 15.6 Å². The molecule has 1 amide bonds. The maximum Gasteiger partial charge on any atom is 0.412 e. The number of anilines is 1. The monoisotopic (exact) mass is 312 g/mol. The molecule has 1 aromatic rings. The first-order chi connectivity index (χ1) is 9.76. The van der Waals surface area contributed by atoms with E-state index in [1.54, 1.807) is 32.9 Å². The molecule has 114 valence electrons. The van der Waals surface area contributed by atoms with Gasteiger partial charge in [0.2, 0.25) is 0 Å². The molecular weight excluding hydrogens is 296 g/mol. The Morgan fingerprint density at radius 3 is 2.76 bits per heavy atom. The van der Waals surface area contributed by atoms with Gasteiger partial charge >= 0.3 is 6.09 Å². The second-order valence-corrected chi connectivity index (χ2v) is 5.70. The number of rotatable bonds is 4. The molecule has 0 aliphatic rings. The number of amides is 1. The number of nitrogens with one attached hydrogen (secondary N) is 1. The number of hydrogen-bond acceptors (Lipinski definition) is 4. The molecule has 2 N–H and O–H groups in total. The summed E-state index contributed by atoms with van der Waals surface area (Å²) in [5.74, 6) is 0. The third-order valence-electron chi connectivity index (χ3n) is 2.37. The zero-order chi connectivity index (χ0) is 16.0. The van der Waals surface area contributed by atoms with E-state index in [2.05, 4.69) is 15.3 Å². The van der Waals surface area contributed by atoms with Gasteiger partial charge in [-0.2, -0.15) is 0 Å². The molecule has 0 heterocycles. The maximum atomic E-state index is 11.8. The lowest BCUT2D eigenvalue weighted by molar-refractivity contribution is 0.0635. The van der Waals surface area contributed by atoms with E-state index in [1.165, 1.54) is 6.07 Å². The van der Waals surface area contributed by atoms with Gasteiger partial charge in [0.15, 0.2) is 0 Å². The van der Waals surface area contributed by atoms with Crippen LogP contribution in [0.15, 0.2) is 23.3 Å². The molecular formula is C13H17ClN4O3. The predicted molar refractivity (Wildman–Crippen MR) is 80.3 cm³/mol. The Labute approximate surface area is 127 Å². The van der Waals surface area contributed by atoms with Crippen LogP contribution in [0.2, 0.25) is 5.02 Å². The molecule has 1 unspecified atom stereocenters. The lowest BCUT2D eigenvalue weighted by Gasteiger charge is -2.21. The molecule has 0 fully saturated rings. The molecule has 0 saturated heterocycles. The summed E-state index contributed by atoms with van der Waals surface area (Å²) in [7, 11) is 0. The Balaban J connectivity index is 3.07. The van der Waals surface area contributed by atoms with Crippen molar-refractivity contribution < 1.29 is 14.6 Å². The van der Waals surface area contributed by atoms with E-state index < -0.39 is 24.3 Å². The average Bonchev–Trinajstić information content (AvgIpc) is 2.34. The normalized spacial score (nSPS) is 12.2. The first-order valence-corrected chi connectivity index (χ1v) is 6.59. The van der Waals surface area contributed by atoms with Crippen LogP contribution in [0.5, 0.6) is 0 Å². The second kappa shape index (κ2) is 7.17. The third kappa shape index (κ3) is 5.51. The molecule has 0 spiro atoms. The van der Waals surface area contributed by atoms with Crippen molar-refractivity contribution in [3.05, 3.63) is 39.2 Å². The van der Waals surface area contributed by atoms with Crippen LogP contribution in [0.4, 0.5) is 10.5 Å². The number of halogens is 1. The van der Waals surface area contributed by atoms with Crippen LogP contribution in [0.25, 0.3) is 10.4 Å². The Kier molecular flexibility index (Phi) is 5.84. The van der Waals surface area contributed by atoms with Gasteiger partial charge in [0.1, 0.15) is 5.60 Å². The fraction of sp³-hybridized carbons (Fsp3) is 0.462. The molecule has 0 radical (unpaired) electrons. The Morgan fingerprint density at radius 1 is 1.57 bits per heavy atom. The van der Waals surface area contributed by atoms with Crippen LogP contribution in [0.3, 0.4) is 0 Å². The summed E-state index contributed by atoms with van der Waals surface area (Å²) in [4.78, 5) is 14.5. The minimum absolute atomic E-state index is 0.322. The molecule has 1 aromatic carbocycles. The highest BCUT2D eigenvalue weighted by Gasteiger charge is 2.19.